The molecule has 0 radical (unpaired) electrons. The van der Waals surface area contributed by atoms with Gasteiger partial charge < -0.3 is 15.3 Å². The third-order valence-electron chi connectivity index (χ3n) is 2.67. The number of halogens is 1. The molecule has 1 aromatic carbocycles. The van der Waals surface area contributed by atoms with E-state index in [0.717, 1.165) is 35.8 Å². The van der Waals surface area contributed by atoms with Crippen LogP contribution >= 0.6 is 11.6 Å². The van der Waals surface area contributed by atoms with Gasteiger partial charge in [0.15, 0.2) is 0 Å². The van der Waals surface area contributed by atoms with Crippen molar-refractivity contribution in [3.8, 4) is 0 Å². The van der Waals surface area contributed by atoms with Crippen molar-refractivity contribution in [3.05, 3.63) is 28.8 Å². The second-order valence-corrected chi connectivity index (χ2v) is 4.47. The Morgan fingerprint density at radius 1 is 1.41 bits per heavy atom. The maximum Gasteiger partial charge on any atom is 0.0606 e. The number of aliphatic hydroxyl groups excluding tert-OH is 1. The number of nitrogens with one attached hydrogen (secondary N) is 1. The van der Waals surface area contributed by atoms with Crippen molar-refractivity contribution in [2.24, 2.45) is 0 Å². The van der Waals surface area contributed by atoms with Crippen molar-refractivity contribution in [2.45, 2.75) is 19.9 Å². The van der Waals surface area contributed by atoms with Crippen molar-refractivity contribution in [3.63, 3.8) is 0 Å². The van der Waals surface area contributed by atoms with E-state index >= 15 is 0 Å². The standard InChI is InChI=1S/C13H21ClN2O/c1-3-7-15-10-11-12(14)5-4-6-13(11)16(2)8-9-17/h4-6,15,17H,3,7-10H2,1-2H3. The van der Waals surface area contributed by atoms with Crippen molar-refractivity contribution in [2.75, 3.05) is 31.6 Å². The van der Waals surface area contributed by atoms with Crippen LogP contribution in [0.4, 0.5) is 5.69 Å². The van der Waals surface area contributed by atoms with Gasteiger partial charge in [-0.3, -0.25) is 0 Å². The average molecular weight is 257 g/mol. The van der Waals surface area contributed by atoms with Crippen LogP contribution in [0.25, 0.3) is 0 Å². The van der Waals surface area contributed by atoms with Gasteiger partial charge in [0.05, 0.1) is 6.61 Å². The fourth-order valence-corrected chi connectivity index (χ4v) is 1.98. The van der Waals surface area contributed by atoms with Crippen LogP contribution in [0.2, 0.25) is 5.02 Å². The lowest BCUT2D eigenvalue weighted by Gasteiger charge is -2.22. The minimum atomic E-state index is 0.144. The lowest BCUT2D eigenvalue weighted by Crippen LogP contribution is -2.24. The number of hydrogen-bond donors (Lipinski definition) is 2. The van der Waals surface area contributed by atoms with E-state index in [9.17, 15) is 0 Å². The zero-order valence-corrected chi connectivity index (χ0v) is 11.3. The monoisotopic (exact) mass is 256 g/mol. The van der Waals surface area contributed by atoms with Crippen LogP contribution in [0.1, 0.15) is 18.9 Å². The molecule has 3 nitrogen and oxygen atoms in total. The number of benzene rings is 1. The first-order valence-corrected chi connectivity index (χ1v) is 6.38. The van der Waals surface area contributed by atoms with E-state index in [4.69, 9.17) is 16.7 Å². The van der Waals surface area contributed by atoms with Gasteiger partial charge in [-0.2, -0.15) is 0 Å². The Balaban J connectivity index is 2.83. The van der Waals surface area contributed by atoms with Crippen LogP contribution < -0.4 is 10.2 Å². The molecule has 0 saturated heterocycles. The highest BCUT2D eigenvalue weighted by molar-refractivity contribution is 6.31. The van der Waals surface area contributed by atoms with Crippen molar-refractivity contribution < 1.29 is 5.11 Å². The molecule has 0 spiro atoms. The van der Waals surface area contributed by atoms with Gasteiger partial charge in [0.2, 0.25) is 0 Å². The second kappa shape index (κ2) is 7.54. The smallest absolute Gasteiger partial charge is 0.0606 e. The summed E-state index contributed by atoms with van der Waals surface area (Å²) in [5.41, 5.74) is 2.17. The van der Waals surface area contributed by atoms with E-state index in [1.807, 2.05) is 30.1 Å². The molecule has 4 heteroatoms. The summed E-state index contributed by atoms with van der Waals surface area (Å²) in [4.78, 5) is 2.02. The highest BCUT2D eigenvalue weighted by atomic mass is 35.5. The highest BCUT2D eigenvalue weighted by Crippen LogP contribution is 2.26. The van der Waals surface area contributed by atoms with E-state index in [-0.39, 0.29) is 6.61 Å². The summed E-state index contributed by atoms with van der Waals surface area (Å²) in [5.74, 6) is 0. The van der Waals surface area contributed by atoms with Gasteiger partial charge in [-0.25, -0.2) is 0 Å². The molecule has 0 heterocycles. The van der Waals surface area contributed by atoms with Crippen molar-refractivity contribution in [1.82, 2.24) is 5.32 Å². The van der Waals surface area contributed by atoms with E-state index in [0.29, 0.717) is 6.54 Å². The Morgan fingerprint density at radius 2 is 2.18 bits per heavy atom. The van der Waals surface area contributed by atoms with E-state index in [1.165, 1.54) is 0 Å². The Morgan fingerprint density at radius 3 is 2.82 bits per heavy atom. The molecule has 0 amide bonds. The van der Waals surface area contributed by atoms with Crippen LogP contribution in [0.15, 0.2) is 18.2 Å². The molecule has 0 unspecified atom stereocenters. The maximum absolute atomic E-state index is 8.98. The van der Waals surface area contributed by atoms with E-state index in [1.54, 1.807) is 0 Å². The molecule has 1 rings (SSSR count). The first kappa shape index (κ1) is 14.3. The Hall–Kier alpha value is -0.770. The average Bonchev–Trinajstić information content (AvgIpc) is 2.31. The molecule has 0 aliphatic carbocycles. The zero-order valence-electron chi connectivity index (χ0n) is 10.5. The quantitative estimate of drug-likeness (QED) is 0.735. The Bertz CT molecular complexity index is 344. The van der Waals surface area contributed by atoms with Crippen LogP contribution in [0, 0.1) is 0 Å². The molecular weight excluding hydrogens is 236 g/mol. The van der Waals surface area contributed by atoms with Gasteiger partial charge in [-0.15, -0.1) is 0 Å². The van der Waals surface area contributed by atoms with Crippen LogP contribution in [0.5, 0.6) is 0 Å². The Labute approximate surface area is 108 Å². The first-order chi connectivity index (χ1) is 8.20. The van der Waals surface area contributed by atoms with E-state index in [2.05, 4.69) is 12.2 Å². The number of rotatable bonds is 7. The third kappa shape index (κ3) is 4.19. The topological polar surface area (TPSA) is 35.5 Å². The summed E-state index contributed by atoms with van der Waals surface area (Å²) >= 11 is 6.22. The molecule has 0 aromatic heterocycles. The van der Waals surface area contributed by atoms with Gasteiger partial charge >= 0.3 is 0 Å². The van der Waals surface area contributed by atoms with Crippen molar-refractivity contribution >= 4 is 17.3 Å². The summed E-state index contributed by atoms with van der Waals surface area (Å²) in [7, 11) is 1.96. The van der Waals surface area contributed by atoms with Gasteiger partial charge in [-0.1, -0.05) is 24.6 Å². The molecule has 0 fully saturated rings. The molecule has 17 heavy (non-hydrogen) atoms. The highest BCUT2D eigenvalue weighted by Gasteiger charge is 2.09. The maximum atomic E-state index is 8.98. The normalized spacial score (nSPS) is 10.6. The predicted octanol–water partition coefficient (Wildman–Crippen LogP) is 2.27. The fraction of sp³-hybridized carbons (Fsp3) is 0.538. The Kier molecular flexibility index (Phi) is 6.34. The summed E-state index contributed by atoms with van der Waals surface area (Å²) < 4.78 is 0. The van der Waals surface area contributed by atoms with Gasteiger partial charge in [0.1, 0.15) is 0 Å². The van der Waals surface area contributed by atoms with Crippen LogP contribution in [0.3, 0.4) is 0 Å². The van der Waals surface area contributed by atoms with Gasteiger partial charge in [0.25, 0.3) is 0 Å². The molecule has 0 aliphatic rings. The lowest BCUT2D eigenvalue weighted by molar-refractivity contribution is 0.304. The molecule has 2 N–H and O–H groups in total. The summed E-state index contributed by atoms with van der Waals surface area (Å²) in [6.45, 7) is 4.64. The molecule has 0 saturated carbocycles. The summed E-state index contributed by atoms with van der Waals surface area (Å²) in [6.07, 6.45) is 1.10. The first-order valence-electron chi connectivity index (χ1n) is 6.00. The summed E-state index contributed by atoms with van der Waals surface area (Å²) in [5, 5.41) is 13.1. The van der Waals surface area contributed by atoms with Crippen LogP contribution in [-0.4, -0.2) is 31.9 Å². The minimum Gasteiger partial charge on any atom is -0.395 e. The van der Waals surface area contributed by atoms with Crippen molar-refractivity contribution in [1.29, 1.82) is 0 Å². The molecule has 0 bridgehead atoms. The number of hydrogen-bond acceptors (Lipinski definition) is 3. The number of anilines is 1. The third-order valence-corrected chi connectivity index (χ3v) is 3.02. The molecule has 1 aromatic rings. The van der Waals surface area contributed by atoms with Gasteiger partial charge in [-0.05, 0) is 25.1 Å². The second-order valence-electron chi connectivity index (χ2n) is 4.06. The minimum absolute atomic E-state index is 0.144. The number of likely N-dealkylation sites (N-methyl/N-ethyl adjacent to an activating group) is 1. The van der Waals surface area contributed by atoms with Gasteiger partial charge in [0, 0.05) is 36.4 Å². The molecule has 0 aliphatic heterocycles. The van der Waals surface area contributed by atoms with Crippen LogP contribution in [-0.2, 0) is 6.54 Å². The number of aliphatic hydroxyl groups is 1. The number of nitrogens with zero attached hydrogens (tertiary/aromatic N) is 1. The fourth-order valence-electron chi connectivity index (χ4n) is 1.74. The predicted molar refractivity (Wildman–Crippen MR) is 73.8 cm³/mol. The lowest BCUT2D eigenvalue weighted by atomic mass is 10.1. The summed E-state index contributed by atoms with van der Waals surface area (Å²) in [6, 6.07) is 5.88. The largest absolute Gasteiger partial charge is 0.395 e. The molecule has 96 valence electrons. The van der Waals surface area contributed by atoms with E-state index < -0.39 is 0 Å². The molecule has 0 atom stereocenters. The SMILES string of the molecule is CCCNCc1c(Cl)cccc1N(C)CCO. The zero-order chi connectivity index (χ0) is 12.7. The molecular formula is C13H21ClN2O.